The summed E-state index contributed by atoms with van der Waals surface area (Å²) >= 11 is 1.69. The summed E-state index contributed by atoms with van der Waals surface area (Å²) in [5.41, 5.74) is 2.36. The van der Waals surface area contributed by atoms with Gasteiger partial charge < -0.3 is 5.11 Å². The van der Waals surface area contributed by atoms with Crippen molar-refractivity contribution in [2.24, 2.45) is 0 Å². The number of hydrogen-bond acceptors (Lipinski definition) is 5. The second-order valence-electron chi connectivity index (χ2n) is 5.34. The smallest absolute Gasteiger partial charge is 0.234 e. The molecule has 0 amide bonds. The van der Waals surface area contributed by atoms with Crippen LogP contribution in [-0.2, 0) is 0 Å². The summed E-state index contributed by atoms with van der Waals surface area (Å²) < 4.78 is 1.28. The predicted octanol–water partition coefficient (Wildman–Crippen LogP) is 4.12. The second kappa shape index (κ2) is 6.30. The molecule has 0 spiro atoms. The van der Waals surface area contributed by atoms with Crippen molar-refractivity contribution in [1.29, 1.82) is 5.26 Å². The fourth-order valence-corrected chi connectivity index (χ4v) is 3.37. The fourth-order valence-electron chi connectivity index (χ4n) is 2.53. The van der Waals surface area contributed by atoms with E-state index in [9.17, 15) is 5.11 Å². The highest BCUT2D eigenvalue weighted by atomic mass is 32.2. The van der Waals surface area contributed by atoms with E-state index < -0.39 is 0 Å². The Morgan fingerprint density at radius 3 is 2.40 bits per heavy atom. The Morgan fingerprint density at radius 2 is 1.68 bits per heavy atom. The number of nitrogens with zero attached hydrogens (tertiary/aromatic N) is 4. The molecule has 4 aromatic rings. The highest BCUT2D eigenvalue weighted by Crippen LogP contribution is 2.31. The van der Waals surface area contributed by atoms with Crippen molar-refractivity contribution in [3.63, 3.8) is 0 Å². The molecule has 0 aliphatic heterocycles. The van der Waals surface area contributed by atoms with Gasteiger partial charge in [-0.1, -0.05) is 42.1 Å². The van der Waals surface area contributed by atoms with Crippen LogP contribution in [0, 0.1) is 11.3 Å². The topological polar surface area (TPSA) is 74.2 Å². The number of aromatic hydroxyl groups is 1. The van der Waals surface area contributed by atoms with E-state index in [-0.39, 0.29) is 11.4 Å². The molecule has 0 unspecified atom stereocenters. The normalized spacial score (nSPS) is 10.7. The molecule has 0 atom stereocenters. The maximum absolute atomic E-state index is 10.1. The quantitative estimate of drug-likeness (QED) is 0.605. The number of aromatic nitrogens is 3. The minimum atomic E-state index is -0.199. The third-order valence-corrected chi connectivity index (χ3v) is 4.78. The molecule has 4 rings (SSSR count). The molecule has 6 heteroatoms. The molecule has 2 heterocycles. The van der Waals surface area contributed by atoms with Gasteiger partial charge in [0.05, 0.1) is 12.4 Å². The van der Waals surface area contributed by atoms with Gasteiger partial charge in [0.15, 0.2) is 5.65 Å². The summed E-state index contributed by atoms with van der Waals surface area (Å²) in [6.45, 7) is 0. The van der Waals surface area contributed by atoms with Crippen LogP contribution in [-0.4, -0.2) is 19.7 Å². The molecule has 2 aromatic heterocycles. The lowest BCUT2D eigenvalue weighted by atomic mass is 10.1. The van der Waals surface area contributed by atoms with Crippen molar-refractivity contribution in [2.75, 3.05) is 0 Å². The maximum Gasteiger partial charge on any atom is 0.234 e. The number of rotatable bonds is 3. The molecule has 0 radical (unpaired) electrons. The van der Waals surface area contributed by atoms with Gasteiger partial charge in [0.25, 0.3) is 0 Å². The molecule has 0 aliphatic carbocycles. The zero-order chi connectivity index (χ0) is 17.2. The maximum atomic E-state index is 10.1. The molecule has 0 aliphatic rings. The average molecular weight is 344 g/mol. The Bertz CT molecular complexity index is 1080. The summed E-state index contributed by atoms with van der Waals surface area (Å²) in [6.07, 6.45) is 3.00. The van der Waals surface area contributed by atoms with E-state index in [1.165, 1.54) is 15.6 Å². The van der Waals surface area contributed by atoms with Gasteiger partial charge in [0, 0.05) is 15.4 Å². The lowest BCUT2D eigenvalue weighted by Crippen LogP contribution is -1.94. The van der Waals surface area contributed by atoms with Gasteiger partial charge in [-0.3, -0.25) is 0 Å². The van der Waals surface area contributed by atoms with Crippen LogP contribution in [0.4, 0.5) is 0 Å². The first-order valence-electron chi connectivity index (χ1n) is 7.55. The van der Waals surface area contributed by atoms with Crippen LogP contribution in [0.25, 0.3) is 16.8 Å². The van der Waals surface area contributed by atoms with Gasteiger partial charge in [-0.2, -0.15) is 14.9 Å². The van der Waals surface area contributed by atoms with Gasteiger partial charge >= 0.3 is 0 Å². The largest absolute Gasteiger partial charge is 0.492 e. The molecule has 2 aromatic carbocycles. The Morgan fingerprint density at radius 1 is 0.960 bits per heavy atom. The minimum absolute atomic E-state index is 0.0942. The number of fused-ring (bicyclic) bond motifs is 1. The first-order chi connectivity index (χ1) is 12.3. The van der Waals surface area contributed by atoms with Gasteiger partial charge in [-0.25, -0.2) is 4.98 Å². The van der Waals surface area contributed by atoms with Gasteiger partial charge in [-0.05, 0) is 29.8 Å². The van der Waals surface area contributed by atoms with E-state index in [4.69, 9.17) is 5.26 Å². The molecule has 25 heavy (non-hydrogen) atoms. The van der Waals surface area contributed by atoms with E-state index in [0.29, 0.717) is 5.65 Å². The first-order valence-corrected chi connectivity index (χ1v) is 8.37. The van der Waals surface area contributed by atoms with Crippen molar-refractivity contribution < 1.29 is 5.11 Å². The molecule has 0 bridgehead atoms. The van der Waals surface area contributed by atoms with Crippen molar-refractivity contribution in [1.82, 2.24) is 14.6 Å². The Balaban J connectivity index is 1.68. The summed E-state index contributed by atoms with van der Waals surface area (Å²) in [5, 5.41) is 23.2. The van der Waals surface area contributed by atoms with Crippen molar-refractivity contribution in [3.05, 3.63) is 72.6 Å². The molecular formula is C19H12N4OS. The summed E-state index contributed by atoms with van der Waals surface area (Å²) in [6, 6.07) is 20.2. The van der Waals surface area contributed by atoms with Crippen LogP contribution >= 0.6 is 11.8 Å². The standard InChI is InChI=1S/C19H12N4OS/c20-10-14-11-21-18-17(12-22-23(18)19(14)24)13-6-8-16(9-7-13)25-15-4-2-1-3-5-15/h1-9,11-12,24H. The number of nitriles is 1. The van der Waals surface area contributed by atoms with Crippen LogP contribution in [0.5, 0.6) is 5.88 Å². The van der Waals surface area contributed by atoms with E-state index in [2.05, 4.69) is 22.2 Å². The highest BCUT2D eigenvalue weighted by molar-refractivity contribution is 7.99. The second-order valence-corrected chi connectivity index (χ2v) is 6.49. The van der Waals surface area contributed by atoms with Crippen LogP contribution < -0.4 is 0 Å². The Hall–Kier alpha value is -3.30. The molecule has 1 N–H and O–H groups in total. The first kappa shape index (κ1) is 15.2. The third kappa shape index (κ3) is 2.82. The van der Waals surface area contributed by atoms with Crippen molar-refractivity contribution in [2.45, 2.75) is 9.79 Å². The monoisotopic (exact) mass is 344 g/mol. The summed E-state index contributed by atoms with van der Waals surface area (Å²) in [7, 11) is 0. The molecule has 0 saturated carbocycles. The van der Waals surface area contributed by atoms with Gasteiger partial charge in [0.2, 0.25) is 5.88 Å². The predicted molar refractivity (Wildman–Crippen MR) is 95.4 cm³/mol. The van der Waals surface area contributed by atoms with Crippen LogP contribution in [0.1, 0.15) is 5.56 Å². The van der Waals surface area contributed by atoms with Crippen LogP contribution in [0.15, 0.2) is 76.8 Å². The summed E-state index contributed by atoms with van der Waals surface area (Å²) in [5.74, 6) is -0.199. The Kier molecular flexibility index (Phi) is 3.84. The lowest BCUT2D eigenvalue weighted by Gasteiger charge is -2.04. The third-order valence-electron chi connectivity index (χ3n) is 3.77. The van der Waals surface area contributed by atoms with Crippen molar-refractivity contribution in [3.8, 4) is 23.1 Å². The number of hydrogen-bond donors (Lipinski definition) is 1. The summed E-state index contributed by atoms with van der Waals surface area (Å²) in [4.78, 5) is 6.57. The fraction of sp³-hybridized carbons (Fsp3) is 0. The number of benzene rings is 2. The van der Waals surface area contributed by atoms with Crippen LogP contribution in [0.3, 0.4) is 0 Å². The van der Waals surface area contributed by atoms with Gasteiger partial charge in [0.1, 0.15) is 11.6 Å². The van der Waals surface area contributed by atoms with Gasteiger partial charge in [-0.15, -0.1) is 0 Å². The Labute approximate surface area is 148 Å². The zero-order valence-corrected chi connectivity index (χ0v) is 13.8. The van der Waals surface area contributed by atoms with E-state index in [0.717, 1.165) is 16.0 Å². The molecule has 0 saturated heterocycles. The van der Waals surface area contributed by atoms with E-state index in [1.807, 2.05) is 48.5 Å². The van der Waals surface area contributed by atoms with Crippen molar-refractivity contribution >= 4 is 17.4 Å². The molecule has 5 nitrogen and oxygen atoms in total. The highest BCUT2D eigenvalue weighted by Gasteiger charge is 2.13. The molecule has 0 fully saturated rings. The molecular weight excluding hydrogens is 332 g/mol. The minimum Gasteiger partial charge on any atom is -0.492 e. The zero-order valence-electron chi connectivity index (χ0n) is 13.0. The SMILES string of the molecule is N#Cc1cnc2c(-c3ccc(Sc4ccccc4)cc3)cnn2c1O. The lowest BCUT2D eigenvalue weighted by molar-refractivity contribution is 0.433. The van der Waals surface area contributed by atoms with E-state index in [1.54, 1.807) is 18.0 Å². The van der Waals surface area contributed by atoms with Crippen LogP contribution in [0.2, 0.25) is 0 Å². The molecule has 120 valence electrons. The average Bonchev–Trinajstić information content (AvgIpc) is 3.09. The van der Waals surface area contributed by atoms with E-state index >= 15 is 0 Å².